The summed E-state index contributed by atoms with van der Waals surface area (Å²) in [6, 6.07) is 0. The van der Waals surface area contributed by atoms with Gasteiger partial charge in [-0.1, -0.05) is 19.4 Å². The second-order valence-electron chi connectivity index (χ2n) is 4.84. The first-order valence-electron chi connectivity index (χ1n) is 6.94. The van der Waals surface area contributed by atoms with E-state index >= 15 is 0 Å². The maximum atomic E-state index is 9.87. The molecule has 0 aromatic carbocycles. The third-order valence-electron chi connectivity index (χ3n) is 2.29. The SMILES string of the molecule is CC1=NCC[N-]CCC[N-]CC[N-]/C(C)=C\1.F[P-](F)(F)(F)(F)F.[Ni+2]. The number of hydrogen-bond donors (Lipinski definition) is 0. The quantitative estimate of drug-likeness (QED) is 0.250. The minimum Gasteiger partial charge on any atom is 2.00 e. The normalized spacial score (nSPS) is 23.2. The molecule has 1 aliphatic heterocycles. The Morgan fingerprint density at radius 1 is 0.875 bits per heavy atom. The molecule has 24 heavy (non-hydrogen) atoms. The van der Waals surface area contributed by atoms with Gasteiger partial charge < -0.3 is 16.0 Å². The van der Waals surface area contributed by atoms with Crippen LogP contribution < -0.4 is 0 Å². The predicted molar refractivity (Wildman–Crippen MR) is 84.3 cm³/mol. The Bertz CT molecular complexity index is 412. The van der Waals surface area contributed by atoms with Crippen LogP contribution in [0.1, 0.15) is 20.3 Å². The van der Waals surface area contributed by atoms with Crippen molar-refractivity contribution in [3.8, 4) is 0 Å². The fourth-order valence-electron chi connectivity index (χ4n) is 1.51. The van der Waals surface area contributed by atoms with Gasteiger partial charge in [0.2, 0.25) is 0 Å². The molecule has 0 aliphatic carbocycles. The monoisotopic (exact) mass is 424 g/mol. The van der Waals surface area contributed by atoms with Gasteiger partial charge in [0.05, 0.1) is 0 Å². The molecule has 0 unspecified atom stereocenters. The van der Waals surface area contributed by atoms with Gasteiger partial charge >= 0.3 is 49.5 Å². The van der Waals surface area contributed by atoms with Gasteiger partial charge in [0, 0.05) is 12.3 Å². The summed E-state index contributed by atoms with van der Waals surface area (Å²) in [6.07, 6.45) is 3.07. The van der Waals surface area contributed by atoms with Crippen molar-refractivity contribution in [3.05, 3.63) is 27.7 Å². The van der Waals surface area contributed by atoms with Crippen LogP contribution in [-0.4, -0.2) is 45.0 Å². The van der Waals surface area contributed by atoms with E-state index in [9.17, 15) is 25.2 Å². The van der Waals surface area contributed by atoms with Crippen LogP contribution in [0.5, 0.6) is 0 Å². The van der Waals surface area contributed by atoms with Gasteiger partial charge in [0.15, 0.2) is 0 Å². The second-order valence-corrected chi connectivity index (χ2v) is 6.76. The Morgan fingerprint density at radius 3 is 1.92 bits per heavy atom. The summed E-state index contributed by atoms with van der Waals surface area (Å²) in [7, 11) is -10.7. The summed E-state index contributed by atoms with van der Waals surface area (Å²) < 4.78 is 59.2. The molecule has 0 atom stereocenters. The standard InChI is InChI=1S/C12H21N4.F6P.Ni/c1-11-10-12(2)16-9-7-14-5-3-4-13-6-8-15-11;1-7(2,3,4,5)6;/h10H,3-9H2,1-2H3;;/q-3;-1;+2/b11-10-,16-12?;;. The maximum Gasteiger partial charge on any atom is 2.00 e. The summed E-state index contributed by atoms with van der Waals surface area (Å²) in [6.45, 7) is 9.04. The van der Waals surface area contributed by atoms with E-state index in [2.05, 4.69) is 20.9 Å². The van der Waals surface area contributed by atoms with Crippen LogP contribution in [0, 0.1) is 0 Å². The van der Waals surface area contributed by atoms with Crippen LogP contribution in [0.15, 0.2) is 16.8 Å². The average molecular weight is 425 g/mol. The smallest absolute Gasteiger partial charge is 2.00 e. The molecule has 0 fully saturated rings. The molecule has 148 valence electrons. The Balaban J connectivity index is 0. The molecule has 0 aromatic rings. The number of halogens is 6. The molecule has 1 aliphatic rings. The number of nitrogens with zero attached hydrogens (tertiary/aromatic N) is 4. The van der Waals surface area contributed by atoms with E-state index < -0.39 is 7.81 Å². The van der Waals surface area contributed by atoms with Crippen LogP contribution in [0.4, 0.5) is 25.2 Å². The van der Waals surface area contributed by atoms with Gasteiger partial charge in [-0.2, -0.15) is 31.9 Å². The van der Waals surface area contributed by atoms with Crippen LogP contribution >= 0.6 is 7.81 Å². The number of hydrogen-bond acceptors (Lipinski definition) is 1. The Morgan fingerprint density at radius 2 is 1.38 bits per heavy atom. The van der Waals surface area contributed by atoms with Crippen molar-refractivity contribution in [3.63, 3.8) is 0 Å². The Labute approximate surface area is 148 Å². The summed E-state index contributed by atoms with van der Waals surface area (Å²) in [5.41, 5.74) is 2.07. The third-order valence-corrected chi connectivity index (χ3v) is 2.29. The summed E-state index contributed by atoms with van der Waals surface area (Å²) in [5, 5.41) is 13.2. The molecule has 0 aromatic heterocycles. The van der Waals surface area contributed by atoms with E-state index in [1.165, 1.54) is 0 Å². The summed E-state index contributed by atoms with van der Waals surface area (Å²) >= 11 is 0. The van der Waals surface area contributed by atoms with Crippen molar-refractivity contribution in [1.29, 1.82) is 0 Å². The first kappa shape index (κ1) is 25.9. The van der Waals surface area contributed by atoms with Gasteiger partial charge in [0.1, 0.15) is 0 Å². The molecule has 12 heteroatoms. The molecule has 0 N–H and O–H groups in total. The zero-order valence-electron chi connectivity index (χ0n) is 13.3. The topological polar surface area (TPSA) is 54.7 Å². The van der Waals surface area contributed by atoms with Crippen molar-refractivity contribution in [1.82, 2.24) is 0 Å². The molecular weight excluding hydrogens is 404 g/mol. The van der Waals surface area contributed by atoms with Gasteiger partial charge in [-0.15, -0.1) is 6.54 Å². The maximum absolute atomic E-state index is 10.7. The van der Waals surface area contributed by atoms with Crippen LogP contribution in [0.2, 0.25) is 0 Å². The van der Waals surface area contributed by atoms with E-state index in [4.69, 9.17) is 0 Å². The van der Waals surface area contributed by atoms with Gasteiger partial charge in [-0.05, 0) is 6.92 Å². The molecule has 0 bridgehead atoms. The molecule has 0 saturated carbocycles. The average Bonchev–Trinajstić information content (AvgIpc) is 2.31. The fraction of sp³-hybridized carbons (Fsp3) is 0.750. The minimum atomic E-state index is -10.7. The molecule has 1 heterocycles. The van der Waals surface area contributed by atoms with Crippen LogP contribution in [0.3, 0.4) is 0 Å². The number of rotatable bonds is 0. The number of allylic oxidation sites excluding steroid dienone is 2. The molecule has 1 rings (SSSR count). The summed E-state index contributed by atoms with van der Waals surface area (Å²) in [4.78, 5) is 4.43. The Hall–Kier alpha value is -0.366. The molecule has 0 spiro atoms. The van der Waals surface area contributed by atoms with Crippen molar-refractivity contribution in [2.24, 2.45) is 4.99 Å². The van der Waals surface area contributed by atoms with E-state index in [0.717, 1.165) is 57.1 Å². The van der Waals surface area contributed by atoms with Crippen molar-refractivity contribution in [2.75, 3.05) is 39.3 Å². The molecule has 0 amide bonds. The zero-order valence-corrected chi connectivity index (χ0v) is 15.2. The molecule has 0 saturated heterocycles. The van der Waals surface area contributed by atoms with Crippen molar-refractivity contribution >= 4 is 13.5 Å². The van der Waals surface area contributed by atoms with E-state index in [1.807, 2.05) is 19.9 Å². The summed E-state index contributed by atoms with van der Waals surface area (Å²) in [5.74, 6) is 0. The largest absolute Gasteiger partial charge is 2.00 e. The van der Waals surface area contributed by atoms with Gasteiger partial charge in [-0.25, -0.2) is 0 Å². The zero-order chi connectivity index (χ0) is 18.0. The van der Waals surface area contributed by atoms with E-state index in [1.54, 1.807) is 0 Å². The van der Waals surface area contributed by atoms with Crippen molar-refractivity contribution in [2.45, 2.75) is 20.3 Å². The van der Waals surface area contributed by atoms with Crippen LogP contribution in [-0.2, 0) is 16.5 Å². The molecule has 4 nitrogen and oxygen atoms in total. The van der Waals surface area contributed by atoms with Gasteiger partial charge in [0.25, 0.3) is 0 Å². The van der Waals surface area contributed by atoms with Crippen molar-refractivity contribution < 1.29 is 41.7 Å². The predicted octanol–water partition coefficient (Wildman–Crippen LogP) is 6.26. The molecule has 0 radical (unpaired) electrons. The van der Waals surface area contributed by atoms with E-state index in [0.29, 0.717) is 0 Å². The Kier molecular flexibility index (Phi) is 10.7. The second kappa shape index (κ2) is 9.95. The fourth-order valence-corrected chi connectivity index (χ4v) is 1.51. The van der Waals surface area contributed by atoms with Crippen LogP contribution in [0.25, 0.3) is 16.0 Å². The van der Waals surface area contributed by atoms with Gasteiger partial charge in [-0.3, -0.25) is 4.99 Å². The third kappa shape index (κ3) is 29.6. The van der Waals surface area contributed by atoms with E-state index in [-0.39, 0.29) is 16.5 Å². The first-order valence-corrected chi connectivity index (χ1v) is 8.96. The first-order chi connectivity index (χ1) is 10.2. The minimum absolute atomic E-state index is 0. The molecular formula is C12H21F6N4NiP-2. The number of aliphatic imine (C=N–C) groups is 1.